The molecule has 4 aromatic rings. The van der Waals surface area contributed by atoms with Gasteiger partial charge in [0.2, 0.25) is 0 Å². The van der Waals surface area contributed by atoms with E-state index in [0.717, 1.165) is 28.2 Å². The fourth-order valence-electron chi connectivity index (χ4n) is 4.48. The minimum atomic E-state index is -0.959. The SMILES string of the molecule is COc1ccc(OCC2(COCc3ccccc3)C/C(=C\c3cccc(OCc4ccccc4)c3)C(=O)O2)cc1. The summed E-state index contributed by atoms with van der Waals surface area (Å²) in [5.41, 5.74) is 2.58. The van der Waals surface area contributed by atoms with Gasteiger partial charge in [-0.2, -0.15) is 0 Å². The van der Waals surface area contributed by atoms with Crippen LogP contribution in [0.15, 0.2) is 115 Å². The molecule has 0 bridgehead atoms. The molecule has 1 atom stereocenters. The molecule has 6 nitrogen and oxygen atoms in total. The second-order valence-corrected chi connectivity index (χ2v) is 9.71. The Bertz CT molecular complexity index is 1420. The van der Waals surface area contributed by atoms with Crippen LogP contribution >= 0.6 is 0 Å². The Morgan fingerprint density at radius 3 is 2.10 bits per heavy atom. The minimum Gasteiger partial charge on any atom is -0.497 e. The first-order chi connectivity index (χ1) is 19.6. The zero-order valence-corrected chi connectivity index (χ0v) is 22.5. The fraction of sp³-hybridized carbons (Fsp3) is 0.206. The number of hydrogen-bond acceptors (Lipinski definition) is 6. The van der Waals surface area contributed by atoms with Crippen LogP contribution in [0, 0.1) is 0 Å². The zero-order chi connectivity index (χ0) is 27.6. The molecule has 0 aromatic heterocycles. The number of rotatable bonds is 12. The van der Waals surface area contributed by atoms with Gasteiger partial charge >= 0.3 is 5.97 Å². The lowest BCUT2D eigenvalue weighted by Gasteiger charge is -2.27. The molecule has 204 valence electrons. The normalized spacial score (nSPS) is 17.4. The summed E-state index contributed by atoms with van der Waals surface area (Å²) in [4.78, 5) is 13.1. The number of ether oxygens (including phenoxy) is 5. The minimum absolute atomic E-state index is 0.150. The molecule has 4 aromatic carbocycles. The summed E-state index contributed by atoms with van der Waals surface area (Å²) in [6.45, 7) is 1.22. The van der Waals surface area contributed by atoms with E-state index in [1.54, 1.807) is 7.11 Å². The van der Waals surface area contributed by atoms with E-state index in [2.05, 4.69) is 0 Å². The van der Waals surface area contributed by atoms with E-state index in [1.165, 1.54) is 0 Å². The van der Waals surface area contributed by atoms with Gasteiger partial charge in [-0.25, -0.2) is 4.79 Å². The molecule has 40 heavy (non-hydrogen) atoms. The maximum absolute atomic E-state index is 13.1. The van der Waals surface area contributed by atoms with Crippen LogP contribution in [0.1, 0.15) is 23.1 Å². The van der Waals surface area contributed by atoms with Gasteiger partial charge in [-0.15, -0.1) is 0 Å². The molecule has 6 heteroatoms. The molecule has 1 aliphatic heterocycles. The molecular weight excluding hydrogens is 504 g/mol. The lowest BCUT2D eigenvalue weighted by Crippen LogP contribution is -2.40. The van der Waals surface area contributed by atoms with Crippen LogP contribution in [-0.2, 0) is 27.5 Å². The second-order valence-electron chi connectivity index (χ2n) is 9.71. The van der Waals surface area contributed by atoms with Gasteiger partial charge in [-0.3, -0.25) is 0 Å². The van der Waals surface area contributed by atoms with E-state index < -0.39 is 5.60 Å². The summed E-state index contributed by atoms with van der Waals surface area (Å²) in [6.07, 6.45) is 2.20. The molecule has 0 N–H and O–H groups in total. The topological polar surface area (TPSA) is 63.2 Å². The molecule has 1 fully saturated rings. The largest absolute Gasteiger partial charge is 0.497 e. The number of carbonyl (C=O) groups is 1. The summed E-state index contributed by atoms with van der Waals surface area (Å²) in [7, 11) is 1.62. The van der Waals surface area contributed by atoms with E-state index in [4.69, 9.17) is 23.7 Å². The van der Waals surface area contributed by atoms with Crippen molar-refractivity contribution in [2.24, 2.45) is 0 Å². The standard InChI is InChI=1S/C34H32O6/c1-36-30-15-17-31(18-16-30)39-25-34(24-37-22-26-9-4-2-5-10-26)21-29(33(35)40-34)19-28-13-8-14-32(20-28)38-23-27-11-6-3-7-12-27/h2-20H,21-25H2,1H3/b29-19+. The quantitative estimate of drug-likeness (QED) is 0.149. The fourth-order valence-corrected chi connectivity index (χ4v) is 4.48. The van der Waals surface area contributed by atoms with Crippen molar-refractivity contribution in [3.05, 3.63) is 131 Å². The monoisotopic (exact) mass is 536 g/mol. The van der Waals surface area contributed by atoms with Crippen LogP contribution in [0.5, 0.6) is 17.2 Å². The Hall–Kier alpha value is -4.55. The van der Waals surface area contributed by atoms with Gasteiger partial charge < -0.3 is 23.7 Å². The molecule has 0 radical (unpaired) electrons. The maximum atomic E-state index is 13.1. The van der Waals surface area contributed by atoms with E-state index in [-0.39, 0.29) is 19.2 Å². The Kier molecular flexibility index (Phi) is 8.79. The molecule has 1 heterocycles. The van der Waals surface area contributed by atoms with Crippen molar-refractivity contribution in [1.82, 2.24) is 0 Å². The first-order valence-corrected chi connectivity index (χ1v) is 13.2. The van der Waals surface area contributed by atoms with Gasteiger partial charge in [0.1, 0.15) is 30.5 Å². The Morgan fingerprint density at radius 2 is 1.40 bits per heavy atom. The van der Waals surface area contributed by atoms with Crippen molar-refractivity contribution in [3.8, 4) is 17.2 Å². The number of methoxy groups -OCH3 is 1. The molecule has 1 unspecified atom stereocenters. The van der Waals surface area contributed by atoms with Gasteiger partial charge in [-0.1, -0.05) is 72.8 Å². The van der Waals surface area contributed by atoms with Gasteiger partial charge in [-0.05, 0) is 59.2 Å². The molecule has 0 amide bonds. The van der Waals surface area contributed by atoms with Crippen molar-refractivity contribution in [2.75, 3.05) is 20.3 Å². The number of cyclic esters (lactones) is 1. The van der Waals surface area contributed by atoms with Crippen LogP contribution in [0.25, 0.3) is 6.08 Å². The van der Waals surface area contributed by atoms with Gasteiger partial charge in [0.05, 0.1) is 20.3 Å². The lowest BCUT2D eigenvalue weighted by atomic mass is 9.97. The van der Waals surface area contributed by atoms with Crippen molar-refractivity contribution >= 4 is 12.0 Å². The van der Waals surface area contributed by atoms with Crippen molar-refractivity contribution < 1.29 is 28.5 Å². The number of benzene rings is 4. The third kappa shape index (κ3) is 7.30. The Labute approximate surface area is 234 Å². The van der Waals surface area contributed by atoms with Crippen LogP contribution in [0.4, 0.5) is 0 Å². The summed E-state index contributed by atoms with van der Waals surface area (Å²) >= 11 is 0. The average Bonchev–Trinajstić information content (AvgIpc) is 3.31. The van der Waals surface area contributed by atoms with Crippen molar-refractivity contribution in [1.29, 1.82) is 0 Å². The maximum Gasteiger partial charge on any atom is 0.334 e. The van der Waals surface area contributed by atoms with Crippen molar-refractivity contribution in [2.45, 2.75) is 25.2 Å². The highest BCUT2D eigenvalue weighted by Crippen LogP contribution is 2.34. The highest BCUT2D eigenvalue weighted by molar-refractivity contribution is 5.96. The van der Waals surface area contributed by atoms with Gasteiger partial charge in [0.15, 0.2) is 5.60 Å². The van der Waals surface area contributed by atoms with Crippen LogP contribution in [-0.4, -0.2) is 31.9 Å². The molecule has 1 aliphatic rings. The average molecular weight is 537 g/mol. The Morgan fingerprint density at radius 1 is 0.725 bits per heavy atom. The first kappa shape index (κ1) is 27.0. The number of hydrogen-bond donors (Lipinski definition) is 0. The molecule has 1 saturated heterocycles. The van der Waals surface area contributed by atoms with E-state index in [1.807, 2.05) is 115 Å². The summed E-state index contributed by atoms with van der Waals surface area (Å²) in [6, 6.07) is 34.9. The third-order valence-corrected chi connectivity index (χ3v) is 6.57. The van der Waals surface area contributed by atoms with Crippen LogP contribution in [0.2, 0.25) is 0 Å². The highest BCUT2D eigenvalue weighted by Gasteiger charge is 2.45. The third-order valence-electron chi connectivity index (χ3n) is 6.57. The molecular formula is C34H32O6. The van der Waals surface area contributed by atoms with Crippen LogP contribution in [0.3, 0.4) is 0 Å². The van der Waals surface area contributed by atoms with E-state index in [0.29, 0.717) is 31.0 Å². The Balaban J connectivity index is 1.29. The predicted octanol–water partition coefficient (Wildman–Crippen LogP) is 6.64. The highest BCUT2D eigenvalue weighted by atomic mass is 16.6. The van der Waals surface area contributed by atoms with Gasteiger partial charge in [0.25, 0.3) is 0 Å². The molecule has 0 aliphatic carbocycles. The summed E-state index contributed by atoms with van der Waals surface area (Å²) < 4.78 is 29.3. The number of esters is 1. The van der Waals surface area contributed by atoms with Gasteiger partial charge in [0, 0.05) is 12.0 Å². The molecule has 5 rings (SSSR count). The van der Waals surface area contributed by atoms with Crippen molar-refractivity contribution in [3.63, 3.8) is 0 Å². The number of carbonyl (C=O) groups excluding carboxylic acids is 1. The smallest absolute Gasteiger partial charge is 0.334 e. The molecule has 0 spiro atoms. The lowest BCUT2D eigenvalue weighted by molar-refractivity contribution is -0.156. The predicted molar refractivity (Wildman–Crippen MR) is 153 cm³/mol. The first-order valence-electron chi connectivity index (χ1n) is 13.2. The zero-order valence-electron chi connectivity index (χ0n) is 22.5. The summed E-state index contributed by atoms with van der Waals surface area (Å²) in [5.74, 6) is 1.74. The van der Waals surface area contributed by atoms with E-state index >= 15 is 0 Å². The second kappa shape index (κ2) is 13.0. The van der Waals surface area contributed by atoms with E-state index in [9.17, 15) is 4.79 Å². The molecule has 0 saturated carbocycles. The summed E-state index contributed by atoms with van der Waals surface area (Å²) in [5, 5.41) is 0. The van der Waals surface area contributed by atoms with Crippen LogP contribution < -0.4 is 14.2 Å².